The normalized spacial score (nSPS) is 12.8. The van der Waals surface area contributed by atoms with Gasteiger partial charge in [0.2, 0.25) is 0 Å². The molecule has 0 unspecified atom stereocenters. The predicted molar refractivity (Wildman–Crippen MR) is 293 cm³/mol. The number of hydrogen-bond donors (Lipinski definition) is 0. The molecule has 0 N–H and O–H groups in total. The van der Waals surface area contributed by atoms with Crippen molar-refractivity contribution in [3.63, 3.8) is 0 Å². The molecule has 0 heteroatoms. The Morgan fingerprint density at radius 2 is 0.536 bits per heavy atom. The Hall–Kier alpha value is -8.84. The number of fused-ring (bicyclic) bond motifs is 8. The number of hydrogen-bond acceptors (Lipinski definition) is 0. The van der Waals surface area contributed by atoms with Crippen LogP contribution in [0.1, 0.15) is 22.3 Å². The highest BCUT2D eigenvalue weighted by atomic mass is 14.5. The zero-order valence-electron chi connectivity index (χ0n) is 37.9. The third-order valence-electron chi connectivity index (χ3n) is 15.1. The lowest BCUT2D eigenvalue weighted by Gasteiger charge is -2.34. The van der Waals surface area contributed by atoms with E-state index in [-0.39, 0.29) is 0 Å². The maximum atomic E-state index is 2.45. The van der Waals surface area contributed by atoms with Gasteiger partial charge in [-0.1, -0.05) is 243 Å². The Balaban J connectivity index is 0.954. The van der Waals surface area contributed by atoms with Crippen LogP contribution in [0, 0.1) is 0 Å². The zero-order valence-corrected chi connectivity index (χ0v) is 37.9. The summed E-state index contributed by atoms with van der Waals surface area (Å²) in [6, 6.07) is 99.7. The molecule has 1 aliphatic rings. The van der Waals surface area contributed by atoms with Crippen molar-refractivity contribution in [1.29, 1.82) is 0 Å². The van der Waals surface area contributed by atoms with E-state index >= 15 is 0 Å². The van der Waals surface area contributed by atoms with Gasteiger partial charge in [-0.25, -0.2) is 0 Å². The van der Waals surface area contributed by atoms with E-state index in [1.54, 1.807) is 0 Å². The molecule has 14 rings (SSSR count). The smallest absolute Gasteiger partial charge is 0.0619 e. The molecule has 0 saturated carbocycles. The quantitative estimate of drug-likeness (QED) is 0.146. The highest BCUT2D eigenvalue weighted by molar-refractivity contribution is 6.22. The molecule has 0 saturated heterocycles. The van der Waals surface area contributed by atoms with E-state index in [2.05, 4.69) is 267 Å². The molecule has 0 radical (unpaired) electrons. The maximum Gasteiger partial charge on any atom is 0.0713 e. The second kappa shape index (κ2) is 15.6. The van der Waals surface area contributed by atoms with Crippen LogP contribution in [0.3, 0.4) is 0 Å². The van der Waals surface area contributed by atoms with E-state index in [1.807, 2.05) is 0 Å². The summed E-state index contributed by atoms with van der Waals surface area (Å²) in [7, 11) is 0. The largest absolute Gasteiger partial charge is 0.0713 e. The van der Waals surface area contributed by atoms with Gasteiger partial charge in [0.1, 0.15) is 0 Å². The van der Waals surface area contributed by atoms with Gasteiger partial charge >= 0.3 is 0 Å². The monoisotopic (exact) mass is 872 g/mol. The van der Waals surface area contributed by atoms with Crippen LogP contribution in [-0.2, 0) is 5.41 Å². The molecule has 0 nitrogen and oxygen atoms in total. The van der Waals surface area contributed by atoms with Crippen LogP contribution in [0.15, 0.2) is 267 Å². The van der Waals surface area contributed by atoms with Crippen molar-refractivity contribution in [3.05, 3.63) is 289 Å². The van der Waals surface area contributed by atoms with Gasteiger partial charge in [-0.3, -0.25) is 0 Å². The van der Waals surface area contributed by atoms with Crippen molar-refractivity contribution in [3.8, 4) is 55.6 Å². The van der Waals surface area contributed by atoms with Crippen LogP contribution in [0.2, 0.25) is 0 Å². The second-order valence-electron chi connectivity index (χ2n) is 18.7. The van der Waals surface area contributed by atoms with Crippen molar-refractivity contribution in [2.45, 2.75) is 5.41 Å². The minimum atomic E-state index is -0.506. The highest BCUT2D eigenvalue weighted by Gasteiger charge is 2.45. The summed E-state index contributed by atoms with van der Waals surface area (Å²) < 4.78 is 0. The van der Waals surface area contributed by atoms with Gasteiger partial charge in [0.05, 0.1) is 5.41 Å². The van der Waals surface area contributed by atoms with Gasteiger partial charge in [-0.15, -0.1) is 0 Å². The van der Waals surface area contributed by atoms with E-state index in [4.69, 9.17) is 0 Å². The molecular weight excluding hydrogens is 829 g/mol. The molecule has 13 aromatic rings. The molecule has 320 valence electrons. The summed E-state index contributed by atoms with van der Waals surface area (Å²) in [5.74, 6) is 0. The maximum absolute atomic E-state index is 2.45. The molecule has 0 heterocycles. The van der Waals surface area contributed by atoms with Crippen molar-refractivity contribution in [2.75, 3.05) is 0 Å². The Labute approximate surface area is 402 Å². The fourth-order valence-corrected chi connectivity index (χ4v) is 11.9. The Morgan fingerprint density at radius 3 is 1.03 bits per heavy atom. The first-order chi connectivity index (χ1) is 34.2. The lowest BCUT2D eigenvalue weighted by Crippen LogP contribution is -2.28. The van der Waals surface area contributed by atoms with Crippen LogP contribution in [0.25, 0.3) is 109 Å². The van der Waals surface area contributed by atoms with Crippen molar-refractivity contribution >= 4 is 53.9 Å². The third kappa shape index (κ3) is 6.16. The summed E-state index contributed by atoms with van der Waals surface area (Å²) in [6.45, 7) is 0. The topological polar surface area (TPSA) is 0 Å². The van der Waals surface area contributed by atoms with E-state index in [1.165, 1.54) is 132 Å². The van der Waals surface area contributed by atoms with Crippen LogP contribution < -0.4 is 0 Å². The van der Waals surface area contributed by atoms with Gasteiger partial charge in [0.15, 0.2) is 0 Å². The van der Waals surface area contributed by atoms with Gasteiger partial charge < -0.3 is 0 Å². The molecule has 0 aliphatic heterocycles. The molecule has 69 heavy (non-hydrogen) atoms. The van der Waals surface area contributed by atoms with Gasteiger partial charge in [-0.2, -0.15) is 0 Å². The summed E-state index contributed by atoms with van der Waals surface area (Å²) >= 11 is 0. The lowest BCUT2D eigenvalue weighted by atomic mass is 9.67. The summed E-state index contributed by atoms with van der Waals surface area (Å²) in [5.41, 5.74) is 17.0. The first-order valence-electron chi connectivity index (χ1n) is 24.1. The lowest BCUT2D eigenvalue weighted by molar-refractivity contribution is 0.769. The standard InChI is InChI=1S/C69H44/c1-4-16-50-41-53(28-25-45(50)13-1)48-31-36-57(37-32-48)69(65-23-11-9-19-59(65)60-20-10-12-24-66(60)69)58-38-33-49(34-39-58)54-35-40-63-64(44-54)68(56-30-27-47-15-3-6-18-52(47)43-56)62-22-8-7-21-61(62)67(63)55-29-26-46-14-2-5-17-51(46)42-55/h1-44H. The van der Waals surface area contributed by atoms with Crippen LogP contribution in [-0.4, -0.2) is 0 Å². The Kier molecular flexibility index (Phi) is 8.91. The highest BCUT2D eigenvalue weighted by Crippen LogP contribution is 2.56. The molecule has 0 aromatic heterocycles. The van der Waals surface area contributed by atoms with Crippen LogP contribution in [0.4, 0.5) is 0 Å². The van der Waals surface area contributed by atoms with Gasteiger partial charge in [0, 0.05) is 0 Å². The minimum absolute atomic E-state index is 0.506. The Bertz CT molecular complexity index is 4130. The first-order valence-corrected chi connectivity index (χ1v) is 24.1. The number of rotatable bonds is 6. The first kappa shape index (κ1) is 39.3. The van der Waals surface area contributed by atoms with E-state index in [0.717, 1.165) is 0 Å². The molecule has 0 fully saturated rings. The molecular formula is C69H44. The molecule has 13 aromatic carbocycles. The molecule has 0 atom stereocenters. The van der Waals surface area contributed by atoms with Crippen molar-refractivity contribution in [2.24, 2.45) is 0 Å². The molecule has 0 bridgehead atoms. The van der Waals surface area contributed by atoms with Crippen molar-refractivity contribution in [1.82, 2.24) is 0 Å². The number of benzene rings is 13. The van der Waals surface area contributed by atoms with Crippen molar-refractivity contribution < 1.29 is 0 Å². The molecule has 0 amide bonds. The SMILES string of the molecule is c1ccc2c(c1)-c1ccccc1C2(c1ccc(-c2ccc3ccccc3c2)cc1)c1ccc(-c2ccc3c(-c4ccc5ccccc5c4)c4ccccc4c(-c4ccc5ccccc5c4)c3c2)cc1. The fraction of sp³-hybridized carbons (Fsp3) is 0.0145. The van der Waals surface area contributed by atoms with E-state index < -0.39 is 5.41 Å². The average Bonchev–Trinajstić information content (AvgIpc) is 3.73. The minimum Gasteiger partial charge on any atom is -0.0619 e. The van der Waals surface area contributed by atoms with E-state index in [9.17, 15) is 0 Å². The summed E-state index contributed by atoms with van der Waals surface area (Å²) in [4.78, 5) is 0. The summed E-state index contributed by atoms with van der Waals surface area (Å²) in [5, 5.41) is 12.5. The second-order valence-corrected chi connectivity index (χ2v) is 18.7. The van der Waals surface area contributed by atoms with Gasteiger partial charge in [-0.05, 0) is 156 Å². The predicted octanol–water partition coefficient (Wildman–Crippen LogP) is 18.5. The van der Waals surface area contributed by atoms with E-state index in [0.29, 0.717) is 0 Å². The average molecular weight is 873 g/mol. The third-order valence-corrected chi connectivity index (χ3v) is 15.1. The summed E-state index contributed by atoms with van der Waals surface area (Å²) in [6.07, 6.45) is 0. The van der Waals surface area contributed by atoms with Gasteiger partial charge in [0.25, 0.3) is 0 Å². The Morgan fingerprint density at radius 1 is 0.203 bits per heavy atom. The molecule has 0 spiro atoms. The fourth-order valence-electron chi connectivity index (χ4n) is 11.9. The molecule has 1 aliphatic carbocycles. The van der Waals surface area contributed by atoms with Crippen LogP contribution >= 0.6 is 0 Å². The van der Waals surface area contributed by atoms with Crippen LogP contribution in [0.5, 0.6) is 0 Å². The zero-order chi connectivity index (χ0) is 45.5.